The molecular formula is C35H44ClNO4. The molecule has 4 aliphatic rings. The van der Waals surface area contributed by atoms with Gasteiger partial charge in [-0.25, -0.2) is 0 Å². The minimum atomic E-state index is -0.720. The Labute approximate surface area is 249 Å². The van der Waals surface area contributed by atoms with Gasteiger partial charge >= 0.3 is 5.97 Å². The van der Waals surface area contributed by atoms with Gasteiger partial charge in [-0.1, -0.05) is 54.8 Å². The van der Waals surface area contributed by atoms with E-state index in [1.807, 2.05) is 12.1 Å². The monoisotopic (exact) mass is 577 g/mol. The average Bonchev–Trinajstić information content (AvgIpc) is 3.61. The maximum Gasteiger partial charge on any atom is 0.321 e. The summed E-state index contributed by atoms with van der Waals surface area (Å²) < 4.78 is 12.6. The highest BCUT2D eigenvalue weighted by Gasteiger charge is 2.53. The highest BCUT2D eigenvalue weighted by molar-refractivity contribution is 6.30. The van der Waals surface area contributed by atoms with Gasteiger partial charge in [0.2, 0.25) is 0 Å². The largest absolute Gasteiger partial charge is 0.496 e. The molecule has 2 saturated carbocycles. The van der Waals surface area contributed by atoms with Crippen molar-refractivity contribution >= 4 is 17.6 Å². The van der Waals surface area contributed by atoms with Crippen molar-refractivity contribution < 1.29 is 19.4 Å². The topological polar surface area (TPSA) is 59.0 Å². The Morgan fingerprint density at radius 3 is 2.59 bits per heavy atom. The van der Waals surface area contributed by atoms with Crippen LogP contribution in [-0.2, 0) is 35.3 Å². The number of allylic oxidation sites excluding steroid dienone is 1. The number of benzene rings is 2. The molecule has 3 aliphatic carbocycles. The van der Waals surface area contributed by atoms with Crippen LogP contribution >= 0.6 is 11.6 Å². The van der Waals surface area contributed by atoms with E-state index < -0.39 is 12.0 Å². The van der Waals surface area contributed by atoms with Gasteiger partial charge in [-0.15, -0.1) is 0 Å². The third kappa shape index (κ3) is 6.53. The molecule has 6 heteroatoms. The molecule has 5 atom stereocenters. The zero-order chi connectivity index (χ0) is 28.3. The Morgan fingerprint density at radius 1 is 1.07 bits per heavy atom. The SMILES string of the molecule is COc1ccc2c(c1CCCc1ccc(Cl)cc1)C[C@H](C(=O)O)N(C1CC1C(OC1CCCC1)C1C=CCCC1)C2. The van der Waals surface area contributed by atoms with Crippen LogP contribution in [0.4, 0.5) is 0 Å². The van der Waals surface area contributed by atoms with E-state index >= 15 is 0 Å². The molecule has 2 aromatic carbocycles. The normalized spacial score (nSPS) is 27.0. The van der Waals surface area contributed by atoms with E-state index in [9.17, 15) is 9.90 Å². The number of hydrogen-bond donors (Lipinski definition) is 1. The number of aryl methyl sites for hydroxylation is 1. The first-order valence-corrected chi connectivity index (χ1v) is 16.1. The van der Waals surface area contributed by atoms with Crippen molar-refractivity contribution in [2.75, 3.05) is 7.11 Å². The molecule has 5 nitrogen and oxygen atoms in total. The van der Waals surface area contributed by atoms with E-state index in [4.69, 9.17) is 21.1 Å². The number of nitrogens with zero attached hydrogens (tertiary/aromatic N) is 1. The van der Waals surface area contributed by atoms with E-state index in [0.717, 1.165) is 42.9 Å². The molecule has 220 valence electrons. The predicted molar refractivity (Wildman–Crippen MR) is 163 cm³/mol. The zero-order valence-electron chi connectivity index (χ0n) is 24.3. The molecule has 0 radical (unpaired) electrons. The molecule has 41 heavy (non-hydrogen) atoms. The third-order valence-electron chi connectivity index (χ3n) is 9.96. The van der Waals surface area contributed by atoms with Crippen LogP contribution in [0.1, 0.15) is 80.0 Å². The number of methoxy groups -OCH3 is 1. The molecule has 4 unspecified atom stereocenters. The van der Waals surface area contributed by atoms with Crippen LogP contribution in [0.25, 0.3) is 0 Å². The van der Waals surface area contributed by atoms with Gasteiger partial charge in [-0.2, -0.15) is 0 Å². The first kappa shape index (κ1) is 28.8. The first-order valence-electron chi connectivity index (χ1n) is 15.7. The number of rotatable bonds is 11. The van der Waals surface area contributed by atoms with Crippen molar-refractivity contribution in [1.82, 2.24) is 4.90 Å². The standard InChI is InChI=1S/C35H44ClNO4/c1-40-33-19-16-25-22-37(31-21-30(31)34(24-9-3-2-4-10-24)41-27-11-5-6-12-27)32(35(38)39)20-29(25)28(33)13-7-8-23-14-17-26(36)18-15-23/h3,9,14-19,24,27,30-32,34H,2,4-8,10-13,20-22H2,1H3,(H,38,39)/t24?,30?,31?,32-,34?/m1/s1. The van der Waals surface area contributed by atoms with Gasteiger partial charge in [0.15, 0.2) is 0 Å². The minimum Gasteiger partial charge on any atom is -0.496 e. The van der Waals surface area contributed by atoms with Crippen LogP contribution in [0.15, 0.2) is 48.6 Å². The van der Waals surface area contributed by atoms with Crippen molar-refractivity contribution in [2.24, 2.45) is 11.8 Å². The predicted octanol–water partition coefficient (Wildman–Crippen LogP) is 7.41. The van der Waals surface area contributed by atoms with Crippen molar-refractivity contribution in [1.29, 1.82) is 0 Å². The van der Waals surface area contributed by atoms with Gasteiger partial charge < -0.3 is 14.6 Å². The number of fused-ring (bicyclic) bond motifs is 1. The summed E-state index contributed by atoms with van der Waals surface area (Å²) in [6, 6.07) is 12.0. The maximum absolute atomic E-state index is 12.7. The number of hydrogen-bond acceptors (Lipinski definition) is 4. The van der Waals surface area contributed by atoms with E-state index in [-0.39, 0.29) is 12.1 Å². The minimum absolute atomic E-state index is 0.204. The van der Waals surface area contributed by atoms with Crippen molar-refractivity contribution in [3.05, 3.63) is 75.8 Å². The molecule has 0 bridgehead atoms. The lowest BCUT2D eigenvalue weighted by atomic mass is 9.86. The van der Waals surface area contributed by atoms with Gasteiger partial charge in [-0.3, -0.25) is 9.69 Å². The third-order valence-corrected chi connectivity index (χ3v) is 10.2. The Morgan fingerprint density at radius 2 is 1.88 bits per heavy atom. The maximum atomic E-state index is 12.7. The van der Waals surface area contributed by atoms with E-state index in [2.05, 4.69) is 41.3 Å². The Kier molecular flexibility index (Phi) is 9.04. The zero-order valence-corrected chi connectivity index (χ0v) is 25.0. The molecule has 2 aromatic rings. The number of carboxylic acid groups (broad SMARTS) is 1. The van der Waals surface area contributed by atoms with E-state index in [0.29, 0.717) is 30.9 Å². The fraction of sp³-hybridized carbons (Fsp3) is 0.571. The van der Waals surface area contributed by atoms with Crippen LogP contribution in [-0.4, -0.2) is 47.4 Å². The summed E-state index contributed by atoms with van der Waals surface area (Å²) in [4.78, 5) is 15.0. The lowest BCUT2D eigenvalue weighted by Crippen LogP contribution is -2.48. The van der Waals surface area contributed by atoms with Gasteiger partial charge in [0.05, 0.1) is 19.3 Å². The molecule has 1 aliphatic heterocycles. The number of aliphatic carboxylic acids is 1. The molecular weight excluding hydrogens is 534 g/mol. The Balaban J connectivity index is 1.20. The second-order valence-electron chi connectivity index (χ2n) is 12.6. The van der Waals surface area contributed by atoms with E-state index in [1.54, 1.807) is 7.11 Å². The lowest BCUT2D eigenvalue weighted by molar-refractivity contribution is -0.144. The second-order valence-corrected chi connectivity index (χ2v) is 13.0. The number of halogens is 1. The second kappa shape index (κ2) is 12.9. The summed E-state index contributed by atoms with van der Waals surface area (Å²) in [5, 5.41) is 11.2. The Hall–Kier alpha value is -2.34. The molecule has 0 saturated heterocycles. The average molecular weight is 578 g/mol. The summed E-state index contributed by atoms with van der Waals surface area (Å²) >= 11 is 6.06. The number of carboxylic acids is 1. The summed E-state index contributed by atoms with van der Waals surface area (Å²) in [7, 11) is 1.72. The van der Waals surface area contributed by atoms with Gasteiger partial charge in [0, 0.05) is 29.4 Å². The fourth-order valence-electron chi connectivity index (χ4n) is 7.72. The smallest absolute Gasteiger partial charge is 0.321 e. The summed E-state index contributed by atoms with van der Waals surface area (Å²) in [5.41, 5.74) is 4.86. The van der Waals surface area contributed by atoms with Crippen LogP contribution in [0.3, 0.4) is 0 Å². The van der Waals surface area contributed by atoms with Gasteiger partial charge in [0.1, 0.15) is 11.8 Å². The molecule has 1 heterocycles. The highest BCUT2D eigenvalue weighted by Crippen LogP contribution is 2.48. The van der Waals surface area contributed by atoms with E-state index in [1.165, 1.54) is 60.8 Å². The van der Waals surface area contributed by atoms with Crippen LogP contribution in [0, 0.1) is 11.8 Å². The van der Waals surface area contributed by atoms with Crippen LogP contribution < -0.4 is 4.74 Å². The Bertz CT molecular complexity index is 1240. The molecule has 0 aromatic heterocycles. The van der Waals surface area contributed by atoms with Crippen molar-refractivity contribution in [2.45, 2.75) is 108 Å². The van der Waals surface area contributed by atoms with Crippen molar-refractivity contribution in [3.63, 3.8) is 0 Å². The lowest BCUT2D eigenvalue weighted by Gasteiger charge is -2.37. The molecule has 6 rings (SSSR count). The molecule has 2 fully saturated rings. The number of ether oxygens (including phenoxy) is 2. The quantitative estimate of drug-likeness (QED) is 0.282. The first-order chi connectivity index (χ1) is 20.0. The van der Waals surface area contributed by atoms with Gasteiger partial charge in [0.25, 0.3) is 0 Å². The fourth-order valence-corrected chi connectivity index (χ4v) is 7.84. The molecule has 0 spiro atoms. The number of carbonyl (C=O) groups is 1. The molecule has 0 amide bonds. The summed E-state index contributed by atoms with van der Waals surface area (Å²) in [6.07, 6.45) is 18.1. The summed E-state index contributed by atoms with van der Waals surface area (Å²) in [5.74, 6) is 1.01. The van der Waals surface area contributed by atoms with Gasteiger partial charge in [-0.05, 0) is 105 Å². The van der Waals surface area contributed by atoms with Crippen molar-refractivity contribution in [3.8, 4) is 5.75 Å². The highest BCUT2D eigenvalue weighted by atomic mass is 35.5. The summed E-state index contributed by atoms with van der Waals surface area (Å²) in [6.45, 7) is 0.679. The van der Waals surface area contributed by atoms with Crippen LogP contribution in [0.5, 0.6) is 5.75 Å². The molecule has 1 N–H and O–H groups in total. The van der Waals surface area contributed by atoms with Crippen LogP contribution in [0.2, 0.25) is 5.02 Å².